The number of benzene rings is 2. The van der Waals surface area contributed by atoms with Crippen molar-refractivity contribution >= 4 is 132 Å². The SMILES string of the molecule is Cc1cc2c(C(C)C)cc(C(C)C)cc2[cH-]1.Cc1cc2c(C(C)C)cc(C(C)C)cc2[cH-]1.Cl.Cl.[CH2-]CCC[Si](Cl)(Cl)Cl.[CH2-]CCC[Si](Cl)(Cl)Cl.[Si]=[Zr]. The second kappa shape index (κ2) is 28.8. The predicted molar refractivity (Wildman–Crippen MR) is 251 cm³/mol. The van der Waals surface area contributed by atoms with E-state index in [0.29, 0.717) is 23.7 Å². The molecule has 0 aliphatic heterocycles. The Morgan fingerprint density at radius 3 is 1.04 bits per heavy atom. The van der Waals surface area contributed by atoms with E-state index in [0.717, 1.165) is 37.8 Å². The molecule has 0 heterocycles. The first-order chi connectivity index (χ1) is 23.1. The number of aryl methyl sites for hydroxylation is 2. The average molecular weight is 1000 g/mol. The van der Waals surface area contributed by atoms with Crippen molar-refractivity contribution in [3.8, 4) is 0 Å². The maximum absolute atomic E-state index is 5.55. The molecular weight excluding hydrogens is 940 g/mol. The van der Waals surface area contributed by atoms with Gasteiger partial charge in [0.1, 0.15) is 0 Å². The maximum atomic E-state index is 5.55. The first-order valence-electron chi connectivity index (χ1n) is 17.5. The fraction of sp³-hybridized carbons (Fsp3) is 0.500. The summed E-state index contributed by atoms with van der Waals surface area (Å²) in [5, 5.41) is 5.70. The van der Waals surface area contributed by atoms with Gasteiger partial charge in [0.2, 0.25) is 0 Å². The van der Waals surface area contributed by atoms with E-state index in [-0.39, 0.29) is 24.8 Å². The molecule has 296 valence electrons. The van der Waals surface area contributed by atoms with Gasteiger partial charge in [-0.2, -0.15) is 25.0 Å². The third kappa shape index (κ3) is 23.1. The number of halogens is 8. The van der Waals surface area contributed by atoms with E-state index in [4.69, 9.17) is 66.5 Å². The standard InChI is InChI=1S/2C16H21.2C4H8Cl3Si.2ClH.Si.Zr/c2*1-10(2)13-8-14-6-12(5)7-16(14)15(9-13)11(3)4;2*1-2-3-4-8(5,6)7;;;;/h2*6-11H,1-5H3;2*1-4H2;2*1H;;/q4*-1;;;;. The summed E-state index contributed by atoms with van der Waals surface area (Å²) in [4.78, 5) is 0. The number of rotatable bonds is 10. The predicted octanol–water partition coefficient (Wildman–Crippen LogP) is 17.2. The van der Waals surface area contributed by atoms with E-state index in [2.05, 4.69) is 138 Å². The summed E-state index contributed by atoms with van der Waals surface area (Å²) in [7, 11) is 0. The van der Waals surface area contributed by atoms with Crippen LogP contribution in [0.4, 0.5) is 0 Å². The first-order valence-corrected chi connectivity index (χ1v) is 32.2. The molecule has 0 saturated carbocycles. The van der Waals surface area contributed by atoms with Crippen LogP contribution in [-0.4, -0.2) is 18.9 Å². The molecule has 0 bridgehead atoms. The van der Waals surface area contributed by atoms with Crippen LogP contribution in [0.2, 0.25) is 12.1 Å². The van der Waals surface area contributed by atoms with Crippen LogP contribution in [0.5, 0.6) is 0 Å². The van der Waals surface area contributed by atoms with Gasteiger partial charge in [0.05, 0.1) is 0 Å². The zero-order chi connectivity index (χ0) is 39.0. The average Bonchev–Trinajstić information content (AvgIpc) is 3.59. The van der Waals surface area contributed by atoms with Gasteiger partial charge >= 0.3 is 42.2 Å². The summed E-state index contributed by atoms with van der Waals surface area (Å²) >= 11 is 34.7. The molecule has 0 atom stereocenters. The van der Waals surface area contributed by atoms with Gasteiger partial charge in [0.25, 0.3) is 0 Å². The number of unbranched alkanes of at least 4 members (excludes halogenated alkanes) is 2. The van der Waals surface area contributed by atoms with E-state index >= 15 is 0 Å². The van der Waals surface area contributed by atoms with Gasteiger partial charge < -0.3 is 13.8 Å². The summed E-state index contributed by atoms with van der Waals surface area (Å²) < 4.78 is 0. The van der Waals surface area contributed by atoms with E-state index < -0.39 is 12.0 Å². The number of hydrogen-bond donors (Lipinski definition) is 0. The van der Waals surface area contributed by atoms with Crippen LogP contribution >= 0.6 is 91.3 Å². The number of fused-ring (bicyclic) bond motifs is 2. The molecule has 0 fully saturated rings. The van der Waals surface area contributed by atoms with Crippen molar-refractivity contribution in [1.29, 1.82) is 0 Å². The van der Waals surface area contributed by atoms with Gasteiger partial charge in [0, 0.05) is 0 Å². The Balaban J connectivity index is -0.000000628. The fourth-order valence-corrected chi connectivity index (χ4v) is 9.03. The van der Waals surface area contributed by atoms with Gasteiger partial charge in [-0.1, -0.05) is 116 Å². The molecule has 0 aliphatic rings. The number of hydrogen-bond acceptors (Lipinski definition) is 0. The van der Waals surface area contributed by atoms with Crippen LogP contribution in [0.15, 0.2) is 48.5 Å². The van der Waals surface area contributed by atoms with Crippen molar-refractivity contribution in [2.45, 2.75) is 131 Å². The van der Waals surface area contributed by atoms with Crippen LogP contribution < -0.4 is 0 Å². The Morgan fingerprint density at radius 2 is 0.846 bits per heavy atom. The summed E-state index contributed by atoms with van der Waals surface area (Å²) in [6.45, 7) is 32.9. The van der Waals surface area contributed by atoms with Gasteiger partial charge in [-0.15, -0.1) is 148 Å². The normalized spacial score (nSPS) is 11.1. The zero-order valence-electron chi connectivity index (χ0n) is 32.7. The Bertz CT molecular complexity index is 1420. The zero-order valence-corrected chi connectivity index (χ0v) is 44.3. The quantitative estimate of drug-likeness (QED) is 0.0844. The molecule has 4 aromatic rings. The van der Waals surface area contributed by atoms with Crippen molar-refractivity contribution in [2.24, 2.45) is 0 Å². The van der Waals surface area contributed by atoms with Gasteiger partial charge in [-0.05, 0) is 35.8 Å². The molecule has 52 heavy (non-hydrogen) atoms. The second-order valence-corrected chi connectivity index (χ2v) is 32.6. The van der Waals surface area contributed by atoms with Crippen molar-refractivity contribution in [1.82, 2.24) is 0 Å². The van der Waals surface area contributed by atoms with Gasteiger partial charge in [-0.25, -0.2) is 0 Å². The Hall–Kier alpha value is 1.51. The molecule has 4 rings (SSSR count). The molecule has 12 heteroatoms. The minimum absolute atomic E-state index is 0. The van der Waals surface area contributed by atoms with Crippen LogP contribution in [0, 0.1) is 27.7 Å². The Labute approximate surface area is 377 Å². The molecule has 0 aromatic heterocycles. The summed E-state index contributed by atoms with van der Waals surface area (Å²) in [5.74, 6) is 2.42. The first kappa shape index (κ1) is 57.8. The van der Waals surface area contributed by atoms with Crippen LogP contribution in [0.1, 0.15) is 138 Å². The van der Waals surface area contributed by atoms with Crippen molar-refractivity contribution < 1.29 is 23.3 Å². The Morgan fingerprint density at radius 1 is 0.558 bits per heavy atom. The van der Waals surface area contributed by atoms with Crippen molar-refractivity contribution in [2.75, 3.05) is 0 Å². The molecule has 0 spiro atoms. The van der Waals surface area contributed by atoms with Crippen molar-refractivity contribution in [3.05, 3.63) is 95.8 Å². The topological polar surface area (TPSA) is 0 Å². The molecule has 0 aliphatic carbocycles. The molecular formula is C40H60Cl8Si3Zr-4. The summed E-state index contributed by atoms with van der Waals surface area (Å²) in [5.41, 5.74) is 8.66. The summed E-state index contributed by atoms with van der Waals surface area (Å²) in [6.07, 6.45) is 3.59. The van der Waals surface area contributed by atoms with E-state index in [1.165, 1.54) is 78.3 Å². The molecule has 2 radical (unpaired) electrons. The van der Waals surface area contributed by atoms with Crippen LogP contribution in [0.3, 0.4) is 0 Å². The summed E-state index contributed by atoms with van der Waals surface area (Å²) in [6, 6.07) is 15.6. The van der Waals surface area contributed by atoms with E-state index in [1.54, 1.807) is 0 Å². The van der Waals surface area contributed by atoms with Gasteiger partial charge in [0.15, 0.2) is 0 Å². The Kier molecular flexibility index (Phi) is 32.1. The molecule has 0 nitrogen and oxygen atoms in total. The monoisotopic (exact) mass is 994 g/mol. The van der Waals surface area contributed by atoms with Gasteiger partial charge in [-0.3, -0.25) is 0 Å². The van der Waals surface area contributed by atoms with Crippen molar-refractivity contribution in [3.63, 3.8) is 0 Å². The van der Waals surface area contributed by atoms with E-state index in [9.17, 15) is 0 Å². The molecule has 0 N–H and O–H groups in total. The fourth-order valence-electron chi connectivity index (χ4n) is 5.32. The third-order valence-corrected chi connectivity index (χ3v) is 13.3. The third-order valence-electron chi connectivity index (χ3n) is 8.04. The van der Waals surface area contributed by atoms with Crippen LogP contribution in [-0.2, 0) is 23.3 Å². The molecule has 0 amide bonds. The molecule has 0 saturated heterocycles. The van der Waals surface area contributed by atoms with E-state index in [1.807, 2.05) is 0 Å². The van der Waals surface area contributed by atoms with Crippen LogP contribution in [0.25, 0.3) is 21.5 Å². The minimum atomic E-state index is -2.30. The molecule has 0 unspecified atom stereocenters. The second-order valence-electron chi connectivity index (χ2n) is 14.1. The molecule has 4 aromatic carbocycles.